The molecule has 0 amide bonds. The van der Waals surface area contributed by atoms with Crippen LogP contribution in [0.1, 0.15) is 81.8 Å². The van der Waals surface area contributed by atoms with Crippen molar-refractivity contribution in [2.75, 3.05) is 13.2 Å². The van der Waals surface area contributed by atoms with Gasteiger partial charge >= 0.3 is 0 Å². The highest BCUT2D eigenvalue weighted by molar-refractivity contribution is 5.34. The molecule has 2 unspecified atom stereocenters. The zero-order chi connectivity index (χ0) is 26.0. The third-order valence-corrected chi connectivity index (χ3v) is 7.86. The molecular formula is C28H32F6O2. The van der Waals surface area contributed by atoms with E-state index in [4.69, 9.17) is 9.47 Å². The Balaban J connectivity index is 1.41. The lowest BCUT2D eigenvalue weighted by Crippen LogP contribution is -2.40. The molecule has 0 saturated heterocycles. The average molecular weight is 515 g/mol. The van der Waals surface area contributed by atoms with Crippen LogP contribution in [0, 0.1) is 35.1 Å². The molecule has 36 heavy (non-hydrogen) atoms. The zero-order valence-electron chi connectivity index (χ0n) is 20.6. The Morgan fingerprint density at radius 3 is 1.61 bits per heavy atom. The van der Waals surface area contributed by atoms with E-state index < -0.39 is 47.4 Å². The quantitative estimate of drug-likeness (QED) is 0.345. The number of hydrogen-bond acceptors (Lipinski definition) is 2. The van der Waals surface area contributed by atoms with Crippen molar-refractivity contribution in [3.05, 3.63) is 58.7 Å². The van der Waals surface area contributed by atoms with E-state index >= 15 is 8.78 Å². The Bertz CT molecular complexity index is 1060. The van der Waals surface area contributed by atoms with Crippen molar-refractivity contribution in [1.82, 2.24) is 0 Å². The minimum Gasteiger partial charge on any atom is -0.491 e. The molecule has 0 aliphatic heterocycles. The predicted molar refractivity (Wildman–Crippen MR) is 125 cm³/mol. The van der Waals surface area contributed by atoms with Crippen LogP contribution in [0.25, 0.3) is 0 Å². The molecule has 2 saturated carbocycles. The fraction of sp³-hybridized carbons (Fsp3) is 0.571. The van der Waals surface area contributed by atoms with Crippen molar-refractivity contribution < 1.29 is 35.8 Å². The lowest BCUT2D eigenvalue weighted by atomic mass is 9.66. The molecule has 2 fully saturated rings. The Kier molecular flexibility index (Phi) is 8.10. The van der Waals surface area contributed by atoms with Crippen LogP contribution in [0.3, 0.4) is 0 Å². The molecule has 2 aromatic carbocycles. The number of halogens is 6. The summed E-state index contributed by atoms with van der Waals surface area (Å²) in [5.74, 6) is -9.73. The first kappa shape index (κ1) is 26.7. The van der Waals surface area contributed by atoms with Gasteiger partial charge in [0.2, 0.25) is 11.6 Å². The van der Waals surface area contributed by atoms with E-state index in [2.05, 4.69) is 0 Å². The van der Waals surface area contributed by atoms with E-state index in [1.807, 2.05) is 0 Å². The summed E-state index contributed by atoms with van der Waals surface area (Å²) in [5, 5.41) is 0. The zero-order valence-corrected chi connectivity index (χ0v) is 20.6. The third kappa shape index (κ3) is 5.18. The molecule has 2 aliphatic rings. The summed E-state index contributed by atoms with van der Waals surface area (Å²) < 4.78 is 98.7. The van der Waals surface area contributed by atoms with E-state index in [1.54, 1.807) is 13.8 Å². The van der Waals surface area contributed by atoms with Gasteiger partial charge in [-0.2, -0.15) is 8.78 Å². The second-order valence-corrected chi connectivity index (χ2v) is 9.89. The van der Waals surface area contributed by atoms with Crippen molar-refractivity contribution in [3.8, 4) is 11.5 Å². The lowest BCUT2D eigenvalue weighted by molar-refractivity contribution is -0.118. The van der Waals surface area contributed by atoms with E-state index in [0.717, 1.165) is 0 Å². The molecule has 198 valence electrons. The van der Waals surface area contributed by atoms with Gasteiger partial charge in [-0.15, -0.1) is 0 Å². The van der Waals surface area contributed by atoms with Crippen LogP contribution < -0.4 is 9.47 Å². The number of rotatable bonds is 7. The maximum atomic E-state index is 15.3. The lowest BCUT2D eigenvalue weighted by Gasteiger charge is -2.42. The summed E-state index contributed by atoms with van der Waals surface area (Å²) >= 11 is 0. The van der Waals surface area contributed by atoms with Crippen molar-refractivity contribution in [1.29, 1.82) is 0 Å². The second-order valence-electron chi connectivity index (χ2n) is 9.89. The van der Waals surface area contributed by atoms with Gasteiger partial charge in [-0.25, -0.2) is 17.6 Å². The van der Waals surface area contributed by atoms with Crippen molar-refractivity contribution in [2.24, 2.45) is 11.8 Å². The van der Waals surface area contributed by atoms with Gasteiger partial charge in [0.25, 0.3) is 5.92 Å². The molecule has 2 aliphatic carbocycles. The van der Waals surface area contributed by atoms with E-state index in [9.17, 15) is 17.6 Å². The second kappa shape index (κ2) is 10.9. The van der Waals surface area contributed by atoms with Gasteiger partial charge in [0.1, 0.15) is 0 Å². The first-order valence-electron chi connectivity index (χ1n) is 12.8. The highest BCUT2D eigenvalue weighted by Gasteiger charge is 2.49. The van der Waals surface area contributed by atoms with Gasteiger partial charge in [0.05, 0.1) is 13.2 Å². The number of alkyl halides is 2. The molecule has 8 heteroatoms. The maximum absolute atomic E-state index is 15.3. The third-order valence-electron chi connectivity index (χ3n) is 7.86. The van der Waals surface area contributed by atoms with Crippen molar-refractivity contribution >= 4 is 0 Å². The smallest absolute Gasteiger partial charge is 0.251 e. The summed E-state index contributed by atoms with van der Waals surface area (Å²) in [4.78, 5) is 0. The first-order chi connectivity index (χ1) is 17.2. The topological polar surface area (TPSA) is 18.5 Å². The van der Waals surface area contributed by atoms with E-state index in [0.29, 0.717) is 32.1 Å². The van der Waals surface area contributed by atoms with E-state index in [1.165, 1.54) is 24.3 Å². The van der Waals surface area contributed by atoms with Crippen LogP contribution in [0.2, 0.25) is 0 Å². The van der Waals surface area contributed by atoms with Crippen LogP contribution in [-0.4, -0.2) is 19.1 Å². The van der Waals surface area contributed by atoms with Crippen LogP contribution in [-0.2, 0) is 0 Å². The predicted octanol–water partition coefficient (Wildman–Crippen LogP) is 8.53. The number of ether oxygens (including phenoxy) is 2. The highest BCUT2D eigenvalue weighted by Crippen LogP contribution is 2.53. The molecule has 0 N–H and O–H groups in total. The van der Waals surface area contributed by atoms with Gasteiger partial charge in [-0.3, -0.25) is 0 Å². The maximum Gasteiger partial charge on any atom is 0.251 e. The molecule has 4 rings (SSSR count). The van der Waals surface area contributed by atoms with Gasteiger partial charge in [0, 0.05) is 12.3 Å². The van der Waals surface area contributed by atoms with Crippen LogP contribution in [0.15, 0.2) is 24.3 Å². The fourth-order valence-corrected chi connectivity index (χ4v) is 6.11. The van der Waals surface area contributed by atoms with Gasteiger partial charge in [0.15, 0.2) is 23.1 Å². The normalized spacial score (nSPS) is 26.0. The molecule has 2 nitrogen and oxygen atoms in total. The van der Waals surface area contributed by atoms with Gasteiger partial charge in [-0.1, -0.05) is 12.1 Å². The Hall–Kier alpha value is -2.38. The molecule has 2 atom stereocenters. The van der Waals surface area contributed by atoms with Crippen molar-refractivity contribution in [3.63, 3.8) is 0 Å². The minimum atomic E-state index is -3.03. The largest absolute Gasteiger partial charge is 0.491 e. The van der Waals surface area contributed by atoms with Gasteiger partial charge in [-0.05, 0) is 93.4 Å². The molecule has 0 radical (unpaired) electrons. The monoisotopic (exact) mass is 514 g/mol. The summed E-state index contributed by atoms with van der Waals surface area (Å²) in [6.07, 6.45) is 1.94. The number of hydrogen-bond donors (Lipinski definition) is 0. The summed E-state index contributed by atoms with van der Waals surface area (Å²) in [5.41, 5.74) is 0.226. The molecule has 0 heterocycles. The average Bonchev–Trinajstić information content (AvgIpc) is 2.85. The molecule has 2 aromatic rings. The Morgan fingerprint density at radius 2 is 1.14 bits per heavy atom. The summed E-state index contributed by atoms with van der Waals surface area (Å²) in [6, 6.07) is 5.59. The molecule has 0 spiro atoms. The summed E-state index contributed by atoms with van der Waals surface area (Å²) in [6.45, 7) is 3.72. The van der Waals surface area contributed by atoms with E-state index in [-0.39, 0.29) is 54.1 Å². The molecular weight excluding hydrogens is 482 g/mol. The van der Waals surface area contributed by atoms with Crippen LogP contribution >= 0.6 is 0 Å². The highest BCUT2D eigenvalue weighted by atomic mass is 19.3. The fourth-order valence-electron chi connectivity index (χ4n) is 6.11. The number of benzene rings is 2. The molecule has 0 bridgehead atoms. The van der Waals surface area contributed by atoms with Crippen molar-refractivity contribution in [2.45, 2.75) is 76.6 Å². The Morgan fingerprint density at radius 1 is 0.667 bits per heavy atom. The first-order valence-corrected chi connectivity index (χ1v) is 12.8. The van der Waals surface area contributed by atoms with Crippen LogP contribution in [0.4, 0.5) is 26.3 Å². The standard InChI is InChI=1S/C28H32F6O2/c1-3-35-22-13-10-19(24(29)26(22)31)16-5-7-17(8-6-16)21-12-9-18(15-28(21,33)34)20-11-14-23(36-4-2)27(32)25(20)30/h10-11,13-14,16-18,21H,3-9,12,15H2,1-2H3. The van der Waals surface area contributed by atoms with Gasteiger partial charge < -0.3 is 9.47 Å². The minimum absolute atomic E-state index is 0.0363. The Labute approximate surface area is 208 Å². The van der Waals surface area contributed by atoms with Crippen LogP contribution in [0.5, 0.6) is 11.5 Å². The SMILES string of the molecule is CCOc1ccc(C2CCC(C3CCC(c4ccc(OCC)c(F)c4F)CC3(F)F)CC2)c(F)c1F. The summed E-state index contributed by atoms with van der Waals surface area (Å²) in [7, 11) is 0. The molecule has 0 aromatic heterocycles.